The van der Waals surface area contributed by atoms with Gasteiger partial charge in [-0.1, -0.05) is 12.1 Å². The first-order valence-electron chi connectivity index (χ1n) is 21.6. The zero-order chi connectivity index (χ0) is 44.4. The molecule has 10 rings (SSSR count). The van der Waals surface area contributed by atoms with E-state index in [9.17, 15) is 32.0 Å². The molecule has 0 saturated carbocycles. The van der Waals surface area contributed by atoms with E-state index in [0.717, 1.165) is 84.4 Å². The standard InChI is InChI=1S/C46H45F3N8O6S/c47-31-13-16-56(25-31)64(62,63)53-38-8-7-37(48)41(42(38)49)43(59)36-21-51-44-35(36)19-29(20-50-44)28-1-3-32(4-2-28)54-14-11-26(12-15-54)17-27-22-55(23-27)33-5-6-34-30(18-33)24-57(46(34)61)39-9-10-40(58)52-45(39)60/h1-8,18-21,26-27,31,39,53H,9-17,22-25H2,(H,50,51)(H,52,58,60)/t31-,39?/m1/s1. The lowest BCUT2D eigenvalue weighted by Crippen LogP contribution is -2.52. The number of pyridine rings is 1. The Balaban J connectivity index is 0.738. The average molecular weight is 895 g/mol. The number of nitrogens with zero attached hydrogens (tertiary/aromatic N) is 5. The molecule has 4 saturated heterocycles. The summed E-state index contributed by atoms with van der Waals surface area (Å²) < 4.78 is 73.1. The largest absolute Gasteiger partial charge is 0.372 e. The summed E-state index contributed by atoms with van der Waals surface area (Å²) in [5.74, 6) is -3.22. The van der Waals surface area contributed by atoms with Gasteiger partial charge >= 0.3 is 10.2 Å². The second-order valence-electron chi connectivity index (χ2n) is 17.5. The molecule has 14 nitrogen and oxygen atoms in total. The molecule has 5 aliphatic rings. The van der Waals surface area contributed by atoms with Crippen molar-refractivity contribution in [1.82, 2.24) is 24.5 Å². The summed E-state index contributed by atoms with van der Waals surface area (Å²) in [7, 11) is -4.35. The highest BCUT2D eigenvalue weighted by Crippen LogP contribution is 2.37. The molecular weight excluding hydrogens is 850 g/mol. The minimum atomic E-state index is -4.35. The number of aromatic nitrogens is 2. The third kappa shape index (κ3) is 7.75. The molecule has 0 spiro atoms. The van der Waals surface area contributed by atoms with Crippen LogP contribution in [0.25, 0.3) is 22.2 Å². The van der Waals surface area contributed by atoms with Crippen molar-refractivity contribution in [3.8, 4) is 11.1 Å². The molecule has 0 bridgehead atoms. The molecule has 4 fully saturated rings. The van der Waals surface area contributed by atoms with Crippen LogP contribution in [0.1, 0.15) is 70.4 Å². The summed E-state index contributed by atoms with van der Waals surface area (Å²) in [5.41, 5.74) is 3.94. The van der Waals surface area contributed by atoms with Crippen molar-refractivity contribution in [3.63, 3.8) is 0 Å². The van der Waals surface area contributed by atoms with E-state index in [1.165, 1.54) is 6.20 Å². The van der Waals surface area contributed by atoms with Crippen LogP contribution in [0.3, 0.4) is 0 Å². The fourth-order valence-electron chi connectivity index (χ4n) is 9.88. The van der Waals surface area contributed by atoms with Crippen molar-refractivity contribution in [1.29, 1.82) is 0 Å². The summed E-state index contributed by atoms with van der Waals surface area (Å²) >= 11 is 0. The number of piperidine rings is 2. The molecule has 3 N–H and O–H groups in total. The van der Waals surface area contributed by atoms with Crippen LogP contribution in [-0.4, -0.2) is 103 Å². The van der Waals surface area contributed by atoms with Crippen LogP contribution in [0.15, 0.2) is 73.1 Å². The first kappa shape index (κ1) is 41.7. The summed E-state index contributed by atoms with van der Waals surface area (Å²) in [5, 5.41) is 2.69. The normalized spacial score (nSPS) is 21.1. The molecule has 3 aromatic carbocycles. The molecule has 0 aliphatic carbocycles. The van der Waals surface area contributed by atoms with Crippen molar-refractivity contribution >= 4 is 61.8 Å². The van der Waals surface area contributed by atoms with Gasteiger partial charge in [-0.3, -0.25) is 29.2 Å². The van der Waals surface area contributed by atoms with Crippen LogP contribution in [0.4, 0.5) is 30.2 Å². The maximum Gasteiger partial charge on any atom is 0.301 e. The number of H-pyrrole nitrogens is 1. The topological polar surface area (TPSA) is 168 Å². The van der Waals surface area contributed by atoms with Gasteiger partial charge in [-0.15, -0.1) is 0 Å². The number of carbonyl (C=O) groups is 4. The summed E-state index contributed by atoms with van der Waals surface area (Å²) in [6, 6.07) is 16.8. The molecule has 2 aromatic heterocycles. The molecule has 7 heterocycles. The van der Waals surface area contributed by atoms with Gasteiger partial charge in [0.1, 0.15) is 23.7 Å². The molecule has 1 unspecified atom stereocenters. The van der Waals surface area contributed by atoms with Gasteiger partial charge in [-0.2, -0.15) is 12.7 Å². The third-order valence-electron chi connectivity index (χ3n) is 13.4. The van der Waals surface area contributed by atoms with E-state index in [4.69, 9.17) is 0 Å². The van der Waals surface area contributed by atoms with E-state index in [1.807, 2.05) is 41.1 Å². The van der Waals surface area contributed by atoms with Gasteiger partial charge in [-0.05, 0) is 104 Å². The van der Waals surface area contributed by atoms with E-state index < -0.39 is 57.0 Å². The number of hydrogen-bond acceptors (Lipinski definition) is 9. The first-order valence-corrected chi connectivity index (χ1v) is 23.0. The number of nitrogens with one attached hydrogen (secondary N) is 3. The number of hydrogen-bond donors (Lipinski definition) is 3. The molecule has 18 heteroatoms. The molecule has 2 atom stereocenters. The number of imide groups is 1. The Morgan fingerprint density at radius 2 is 1.61 bits per heavy atom. The minimum absolute atomic E-state index is 0.00370. The summed E-state index contributed by atoms with van der Waals surface area (Å²) in [6.07, 6.45) is 5.50. The fraction of sp³-hybridized carbons (Fsp3) is 0.370. The fourth-order valence-corrected chi connectivity index (χ4v) is 11.2. The second kappa shape index (κ2) is 16.4. The van der Waals surface area contributed by atoms with Gasteiger partial charge in [-0.25, -0.2) is 18.2 Å². The van der Waals surface area contributed by atoms with Crippen molar-refractivity contribution in [2.24, 2.45) is 11.8 Å². The monoisotopic (exact) mass is 894 g/mol. The predicted molar refractivity (Wildman–Crippen MR) is 233 cm³/mol. The lowest BCUT2D eigenvalue weighted by molar-refractivity contribution is -0.136. The van der Waals surface area contributed by atoms with Gasteiger partial charge in [0, 0.05) is 98.1 Å². The van der Waals surface area contributed by atoms with Crippen LogP contribution in [0.5, 0.6) is 0 Å². The Morgan fingerprint density at radius 3 is 2.34 bits per heavy atom. The minimum Gasteiger partial charge on any atom is -0.372 e. The molecular formula is C46H45F3N8O6S. The van der Waals surface area contributed by atoms with Gasteiger partial charge in [0.05, 0.1) is 11.3 Å². The molecule has 0 radical (unpaired) electrons. The van der Waals surface area contributed by atoms with Gasteiger partial charge in [0.2, 0.25) is 17.6 Å². The lowest BCUT2D eigenvalue weighted by Gasteiger charge is -2.44. The SMILES string of the molecule is O=C1CCC(N2Cc3cc(N4CC(CC5CCN(c6ccc(-c7cnc8[nH]cc(C(=O)c9c(F)ccc(NS(=O)(=O)N%10CC[C@@H](F)C%10)c9F)c8c7)cc6)CC5)C4)ccc3C2=O)C(=O)N1. The van der Waals surface area contributed by atoms with Crippen molar-refractivity contribution in [2.45, 2.75) is 57.3 Å². The maximum atomic E-state index is 15.7. The quantitative estimate of drug-likeness (QED) is 0.107. The van der Waals surface area contributed by atoms with Crippen LogP contribution in [0.2, 0.25) is 0 Å². The number of rotatable bonds is 11. The Kier molecular flexibility index (Phi) is 10.7. The number of carbonyl (C=O) groups excluding carboxylic acids is 4. The van der Waals surface area contributed by atoms with E-state index in [-0.39, 0.29) is 43.3 Å². The van der Waals surface area contributed by atoms with Gasteiger partial charge in [0.15, 0.2) is 5.82 Å². The summed E-state index contributed by atoms with van der Waals surface area (Å²) in [4.78, 5) is 64.6. The summed E-state index contributed by atoms with van der Waals surface area (Å²) in [6.45, 7) is 3.65. The highest BCUT2D eigenvalue weighted by atomic mass is 32.2. The van der Waals surface area contributed by atoms with E-state index in [2.05, 4.69) is 31.2 Å². The number of anilines is 3. The number of amides is 3. The van der Waals surface area contributed by atoms with Gasteiger partial charge in [0.25, 0.3) is 5.91 Å². The number of ketones is 1. The molecule has 64 heavy (non-hydrogen) atoms. The molecule has 3 amide bonds. The molecule has 5 aliphatic heterocycles. The number of aromatic amines is 1. The van der Waals surface area contributed by atoms with E-state index >= 15 is 8.78 Å². The third-order valence-corrected chi connectivity index (χ3v) is 14.9. The number of fused-ring (bicyclic) bond motifs is 2. The van der Waals surface area contributed by atoms with Crippen LogP contribution in [0, 0.1) is 23.5 Å². The van der Waals surface area contributed by atoms with Gasteiger partial charge < -0.3 is 19.7 Å². The predicted octanol–water partition coefficient (Wildman–Crippen LogP) is 5.94. The van der Waals surface area contributed by atoms with E-state index in [1.54, 1.807) is 17.2 Å². The number of alkyl halides is 1. The lowest BCUT2D eigenvalue weighted by atomic mass is 9.83. The van der Waals surface area contributed by atoms with Crippen molar-refractivity contribution < 1.29 is 40.8 Å². The second-order valence-corrected chi connectivity index (χ2v) is 19.2. The maximum absolute atomic E-state index is 15.7. The number of benzene rings is 3. The Morgan fingerprint density at radius 1 is 0.844 bits per heavy atom. The smallest absolute Gasteiger partial charge is 0.301 e. The Bertz CT molecular complexity index is 2830. The highest BCUT2D eigenvalue weighted by Gasteiger charge is 2.40. The number of halogens is 3. The molecule has 5 aromatic rings. The van der Waals surface area contributed by atoms with Crippen LogP contribution < -0.4 is 19.8 Å². The van der Waals surface area contributed by atoms with Crippen LogP contribution >= 0.6 is 0 Å². The van der Waals surface area contributed by atoms with E-state index in [0.29, 0.717) is 47.0 Å². The van der Waals surface area contributed by atoms with Crippen molar-refractivity contribution in [3.05, 3.63) is 107 Å². The molecule has 332 valence electrons. The van der Waals surface area contributed by atoms with Crippen LogP contribution in [-0.2, 0) is 26.3 Å². The zero-order valence-corrected chi connectivity index (χ0v) is 35.5. The first-order chi connectivity index (χ1) is 30.8. The Hall–Kier alpha value is -6.27. The Labute approximate surface area is 367 Å². The zero-order valence-electron chi connectivity index (χ0n) is 34.7. The highest BCUT2D eigenvalue weighted by molar-refractivity contribution is 7.90. The average Bonchev–Trinajstić information content (AvgIpc) is 4.00. The van der Waals surface area contributed by atoms with Crippen molar-refractivity contribution in [2.75, 3.05) is 53.8 Å².